The predicted molar refractivity (Wildman–Crippen MR) is 85.4 cm³/mol. The quantitative estimate of drug-likeness (QED) is 0.868. The fourth-order valence-electron chi connectivity index (χ4n) is 2.13. The summed E-state index contributed by atoms with van der Waals surface area (Å²) in [4.78, 5) is 0. The number of benzene rings is 2. The Hall–Kier alpha value is -1.58. The van der Waals surface area contributed by atoms with Crippen molar-refractivity contribution in [3.8, 4) is 16.9 Å². The van der Waals surface area contributed by atoms with Gasteiger partial charge >= 0.3 is 0 Å². The second kappa shape index (κ2) is 6.92. The van der Waals surface area contributed by atoms with Crippen LogP contribution in [0.1, 0.15) is 19.4 Å². The molecule has 0 amide bonds. The lowest BCUT2D eigenvalue weighted by atomic mass is 10.0. The van der Waals surface area contributed by atoms with Crippen molar-refractivity contribution in [3.05, 3.63) is 52.8 Å². The van der Waals surface area contributed by atoms with Gasteiger partial charge in [0.05, 0.1) is 7.11 Å². The van der Waals surface area contributed by atoms with E-state index >= 15 is 0 Å². The van der Waals surface area contributed by atoms with Gasteiger partial charge in [0.15, 0.2) is 0 Å². The van der Waals surface area contributed by atoms with Crippen LogP contribution in [0.5, 0.6) is 5.75 Å². The summed E-state index contributed by atoms with van der Waals surface area (Å²) in [5.41, 5.74) is 2.70. The molecule has 0 spiro atoms. The number of ether oxygens (including phenoxy) is 1. The van der Waals surface area contributed by atoms with Gasteiger partial charge in [-0.3, -0.25) is 0 Å². The maximum atomic E-state index is 13.5. The van der Waals surface area contributed by atoms with Crippen LogP contribution in [-0.2, 0) is 6.54 Å². The molecule has 0 aliphatic rings. The summed E-state index contributed by atoms with van der Waals surface area (Å²) in [6.07, 6.45) is 0. The molecule has 2 aromatic carbocycles. The monoisotopic (exact) mass is 307 g/mol. The third-order valence-corrected chi connectivity index (χ3v) is 3.40. The van der Waals surface area contributed by atoms with Crippen LogP contribution in [0.2, 0.25) is 5.02 Å². The molecule has 0 fully saturated rings. The molecule has 0 atom stereocenters. The Balaban J connectivity index is 2.38. The van der Waals surface area contributed by atoms with Gasteiger partial charge in [-0.1, -0.05) is 31.5 Å². The lowest BCUT2D eigenvalue weighted by Gasteiger charge is -2.14. The second-order valence-corrected chi connectivity index (χ2v) is 5.66. The van der Waals surface area contributed by atoms with Gasteiger partial charge in [-0.25, -0.2) is 4.39 Å². The Morgan fingerprint density at radius 2 is 1.90 bits per heavy atom. The number of nitrogens with one attached hydrogen (secondary N) is 1. The first-order valence-corrected chi connectivity index (χ1v) is 7.24. The lowest BCUT2D eigenvalue weighted by molar-refractivity contribution is 0.406. The Labute approximate surface area is 129 Å². The minimum Gasteiger partial charge on any atom is -0.496 e. The molecular formula is C17H19ClFNO. The van der Waals surface area contributed by atoms with Crippen LogP contribution in [0.3, 0.4) is 0 Å². The molecular weight excluding hydrogens is 289 g/mol. The molecule has 0 saturated heterocycles. The Morgan fingerprint density at radius 3 is 2.52 bits per heavy atom. The minimum absolute atomic E-state index is 0.338. The number of halogens is 2. The van der Waals surface area contributed by atoms with E-state index in [9.17, 15) is 4.39 Å². The molecule has 0 aliphatic carbocycles. The van der Waals surface area contributed by atoms with Crippen molar-refractivity contribution in [1.29, 1.82) is 0 Å². The number of methoxy groups -OCH3 is 1. The number of hydrogen-bond acceptors (Lipinski definition) is 2. The Morgan fingerprint density at radius 1 is 1.14 bits per heavy atom. The summed E-state index contributed by atoms with van der Waals surface area (Å²) in [5, 5.41) is 3.75. The van der Waals surface area contributed by atoms with E-state index < -0.39 is 0 Å². The smallest absolute Gasteiger partial charge is 0.125 e. The molecule has 0 aliphatic heterocycles. The first-order valence-electron chi connectivity index (χ1n) is 6.86. The third kappa shape index (κ3) is 4.19. The second-order valence-electron chi connectivity index (χ2n) is 5.22. The molecule has 0 unspecified atom stereocenters. The molecule has 2 rings (SSSR count). The zero-order valence-electron chi connectivity index (χ0n) is 12.4. The van der Waals surface area contributed by atoms with Crippen LogP contribution >= 0.6 is 11.6 Å². The Bertz CT molecular complexity index is 608. The zero-order valence-corrected chi connectivity index (χ0v) is 13.2. The average Bonchev–Trinajstić information content (AvgIpc) is 2.43. The molecule has 2 nitrogen and oxygen atoms in total. The van der Waals surface area contributed by atoms with Gasteiger partial charge in [-0.15, -0.1) is 0 Å². The highest BCUT2D eigenvalue weighted by molar-refractivity contribution is 6.30. The summed E-state index contributed by atoms with van der Waals surface area (Å²) in [7, 11) is 1.65. The van der Waals surface area contributed by atoms with Gasteiger partial charge in [-0.2, -0.15) is 0 Å². The highest BCUT2D eigenvalue weighted by Crippen LogP contribution is 2.29. The standard InChI is InChI=1S/C17H19ClFNO/c1-11(2)20-10-14-6-12(4-5-17(14)21-3)13-7-15(18)9-16(19)8-13/h4-9,11,20H,10H2,1-3H3. The molecule has 112 valence electrons. The van der Waals surface area contributed by atoms with E-state index in [4.69, 9.17) is 16.3 Å². The van der Waals surface area contributed by atoms with Crippen LogP contribution < -0.4 is 10.1 Å². The molecule has 0 radical (unpaired) electrons. The number of rotatable bonds is 5. The van der Waals surface area contributed by atoms with Crippen LogP contribution in [0.25, 0.3) is 11.1 Å². The van der Waals surface area contributed by atoms with Crippen molar-refractivity contribution in [2.75, 3.05) is 7.11 Å². The van der Waals surface area contributed by atoms with Crippen LogP contribution in [-0.4, -0.2) is 13.2 Å². The molecule has 21 heavy (non-hydrogen) atoms. The number of hydrogen-bond donors (Lipinski definition) is 1. The first-order chi connectivity index (χ1) is 9.99. The minimum atomic E-state index is -0.338. The summed E-state index contributed by atoms with van der Waals surface area (Å²) < 4.78 is 18.9. The van der Waals surface area contributed by atoms with E-state index in [1.807, 2.05) is 18.2 Å². The highest BCUT2D eigenvalue weighted by Gasteiger charge is 2.08. The van der Waals surface area contributed by atoms with Crippen LogP contribution in [0.4, 0.5) is 4.39 Å². The van der Waals surface area contributed by atoms with Gasteiger partial charge in [-0.05, 0) is 41.5 Å². The summed E-state index contributed by atoms with van der Waals surface area (Å²) >= 11 is 5.92. The van der Waals surface area contributed by atoms with Gasteiger partial charge < -0.3 is 10.1 Å². The van der Waals surface area contributed by atoms with E-state index in [1.54, 1.807) is 13.2 Å². The van der Waals surface area contributed by atoms with E-state index in [0.717, 1.165) is 22.4 Å². The summed E-state index contributed by atoms with van der Waals surface area (Å²) in [6.45, 7) is 4.86. The van der Waals surface area contributed by atoms with Crippen LogP contribution in [0, 0.1) is 5.82 Å². The average molecular weight is 308 g/mol. The lowest BCUT2D eigenvalue weighted by Crippen LogP contribution is -2.22. The fraction of sp³-hybridized carbons (Fsp3) is 0.294. The summed E-state index contributed by atoms with van der Waals surface area (Å²) in [6, 6.07) is 10.7. The highest BCUT2D eigenvalue weighted by atomic mass is 35.5. The van der Waals surface area contributed by atoms with Crippen molar-refractivity contribution in [2.45, 2.75) is 26.4 Å². The van der Waals surface area contributed by atoms with E-state index in [1.165, 1.54) is 12.1 Å². The first kappa shape index (κ1) is 15.8. The largest absolute Gasteiger partial charge is 0.496 e. The third-order valence-electron chi connectivity index (χ3n) is 3.18. The van der Waals surface area contributed by atoms with Gasteiger partial charge in [0.25, 0.3) is 0 Å². The molecule has 1 N–H and O–H groups in total. The van der Waals surface area contributed by atoms with Gasteiger partial charge in [0, 0.05) is 23.2 Å². The molecule has 0 saturated carbocycles. The summed E-state index contributed by atoms with van der Waals surface area (Å²) in [5.74, 6) is 0.476. The predicted octanol–water partition coefficient (Wildman–Crippen LogP) is 4.65. The van der Waals surface area contributed by atoms with Crippen LogP contribution in [0.15, 0.2) is 36.4 Å². The van der Waals surface area contributed by atoms with E-state index in [0.29, 0.717) is 17.6 Å². The molecule has 0 bridgehead atoms. The maximum absolute atomic E-state index is 13.5. The van der Waals surface area contributed by atoms with Crippen molar-refractivity contribution in [3.63, 3.8) is 0 Å². The maximum Gasteiger partial charge on any atom is 0.125 e. The molecule has 4 heteroatoms. The van der Waals surface area contributed by atoms with Crippen molar-refractivity contribution in [1.82, 2.24) is 5.32 Å². The van der Waals surface area contributed by atoms with Crippen molar-refractivity contribution in [2.24, 2.45) is 0 Å². The Kier molecular flexibility index (Phi) is 5.21. The van der Waals surface area contributed by atoms with Gasteiger partial charge in [0.2, 0.25) is 0 Å². The van der Waals surface area contributed by atoms with E-state index in [2.05, 4.69) is 19.2 Å². The molecule has 0 aromatic heterocycles. The molecule has 0 heterocycles. The van der Waals surface area contributed by atoms with Gasteiger partial charge in [0.1, 0.15) is 11.6 Å². The van der Waals surface area contributed by atoms with Crippen molar-refractivity contribution < 1.29 is 9.13 Å². The molecule has 2 aromatic rings. The normalized spacial score (nSPS) is 11.0. The van der Waals surface area contributed by atoms with E-state index in [-0.39, 0.29) is 5.82 Å². The zero-order chi connectivity index (χ0) is 15.4. The van der Waals surface area contributed by atoms with Crippen molar-refractivity contribution >= 4 is 11.6 Å². The fourth-order valence-corrected chi connectivity index (χ4v) is 2.35. The topological polar surface area (TPSA) is 21.3 Å². The SMILES string of the molecule is COc1ccc(-c2cc(F)cc(Cl)c2)cc1CNC(C)C.